The molecular weight excluding hydrogens is 249 g/mol. The molecule has 2 unspecified atom stereocenters. The van der Waals surface area contributed by atoms with Crippen molar-refractivity contribution in [2.24, 2.45) is 11.3 Å². The SMILES string of the molecule is Cc1cc(F)ccc1NC1CCCC(C(C)(C)C)CC1. The van der Waals surface area contributed by atoms with E-state index in [1.807, 2.05) is 13.0 Å². The van der Waals surface area contributed by atoms with Crippen molar-refractivity contribution in [2.75, 3.05) is 5.32 Å². The van der Waals surface area contributed by atoms with Gasteiger partial charge in [0.1, 0.15) is 5.82 Å². The number of anilines is 1. The van der Waals surface area contributed by atoms with Crippen LogP contribution in [0.2, 0.25) is 0 Å². The van der Waals surface area contributed by atoms with E-state index in [9.17, 15) is 4.39 Å². The standard InChI is InChI=1S/C18H28FN/c1-13-12-15(19)9-11-17(13)20-16-7-5-6-14(8-10-16)18(2,3)4/h9,11-12,14,16,20H,5-8,10H2,1-4H3. The number of halogens is 1. The van der Waals surface area contributed by atoms with Crippen LogP contribution < -0.4 is 5.32 Å². The molecule has 20 heavy (non-hydrogen) atoms. The maximum atomic E-state index is 13.1. The smallest absolute Gasteiger partial charge is 0.123 e. The second-order valence-electron chi connectivity index (χ2n) is 7.37. The zero-order valence-corrected chi connectivity index (χ0v) is 13.3. The summed E-state index contributed by atoms with van der Waals surface area (Å²) in [7, 11) is 0. The highest BCUT2D eigenvalue weighted by molar-refractivity contribution is 5.51. The minimum Gasteiger partial charge on any atom is -0.382 e. The van der Waals surface area contributed by atoms with Gasteiger partial charge in [0.25, 0.3) is 0 Å². The second-order valence-corrected chi connectivity index (χ2v) is 7.37. The summed E-state index contributed by atoms with van der Waals surface area (Å²) in [5.74, 6) is 0.672. The van der Waals surface area contributed by atoms with E-state index >= 15 is 0 Å². The Kier molecular flexibility index (Phi) is 4.72. The van der Waals surface area contributed by atoms with Crippen LogP contribution >= 0.6 is 0 Å². The summed E-state index contributed by atoms with van der Waals surface area (Å²) < 4.78 is 13.1. The number of rotatable bonds is 2. The van der Waals surface area contributed by atoms with Gasteiger partial charge in [-0.3, -0.25) is 0 Å². The zero-order valence-electron chi connectivity index (χ0n) is 13.3. The maximum Gasteiger partial charge on any atom is 0.123 e. The van der Waals surface area contributed by atoms with Crippen molar-refractivity contribution in [3.05, 3.63) is 29.6 Å². The summed E-state index contributed by atoms with van der Waals surface area (Å²) in [5.41, 5.74) is 2.51. The Hall–Kier alpha value is -1.05. The third-order valence-corrected chi connectivity index (χ3v) is 4.74. The molecule has 0 spiro atoms. The van der Waals surface area contributed by atoms with Crippen molar-refractivity contribution >= 4 is 5.69 Å². The molecule has 1 aliphatic rings. The van der Waals surface area contributed by atoms with Crippen LogP contribution in [0.4, 0.5) is 10.1 Å². The summed E-state index contributed by atoms with van der Waals surface area (Å²) in [4.78, 5) is 0. The first-order chi connectivity index (χ1) is 9.36. The Balaban J connectivity index is 1.97. The zero-order chi connectivity index (χ0) is 14.8. The van der Waals surface area contributed by atoms with Crippen LogP contribution in [0.5, 0.6) is 0 Å². The predicted molar refractivity (Wildman–Crippen MR) is 84.6 cm³/mol. The third-order valence-electron chi connectivity index (χ3n) is 4.74. The predicted octanol–water partition coefficient (Wildman–Crippen LogP) is 5.54. The number of nitrogens with one attached hydrogen (secondary N) is 1. The molecule has 1 aromatic rings. The Labute approximate surface area is 123 Å². The fraction of sp³-hybridized carbons (Fsp3) is 0.667. The van der Waals surface area contributed by atoms with Crippen molar-refractivity contribution in [1.82, 2.24) is 0 Å². The molecule has 1 nitrogen and oxygen atoms in total. The molecule has 1 N–H and O–H groups in total. The molecule has 0 bridgehead atoms. The minimum absolute atomic E-state index is 0.151. The van der Waals surface area contributed by atoms with E-state index in [4.69, 9.17) is 0 Å². The molecule has 0 aromatic heterocycles. The van der Waals surface area contributed by atoms with Gasteiger partial charge < -0.3 is 5.32 Å². The van der Waals surface area contributed by atoms with E-state index in [-0.39, 0.29) is 5.82 Å². The van der Waals surface area contributed by atoms with E-state index in [0.717, 1.165) is 17.2 Å². The Bertz CT molecular complexity index is 447. The Morgan fingerprint density at radius 2 is 1.85 bits per heavy atom. The van der Waals surface area contributed by atoms with Crippen molar-refractivity contribution in [3.8, 4) is 0 Å². The highest BCUT2D eigenvalue weighted by atomic mass is 19.1. The Morgan fingerprint density at radius 3 is 2.50 bits per heavy atom. The molecule has 1 saturated carbocycles. The quantitative estimate of drug-likeness (QED) is 0.700. The largest absolute Gasteiger partial charge is 0.382 e. The van der Waals surface area contributed by atoms with Crippen molar-refractivity contribution in [2.45, 2.75) is 65.8 Å². The van der Waals surface area contributed by atoms with Gasteiger partial charge in [0, 0.05) is 11.7 Å². The van der Waals surface area contributed by atoms with Gasteiger partial charge in [-0.2, -0.15) is 0 Å². The lowest BCUT2D eigenvalue weighted by Crippen LogP contribution is -2.22. The molecule has 0 aliphatic heterocycles. The fourth-order valence-electron chi connectivity index (χ4n) is 3.32. The van der Waals surface area contributed by atoms with Gasteiger partial charge in [-0.1, -0.05) is 27.2 Å². The van der Waals surface area contributed by atoms with Crippen LogP contribution in [0, 0.1) is 24.1 Å². The molecule has 0 amide bonds. The van der Waals surface area contributed by atoms with Crippen LogP contribution in [0.25, 0.3) is 0 Å². The van der Waals surface area contributed by atoms with E-state index < -0.39 is 0 Å². The summed E-state index contributed by atoms with van der Waals surface area (Å²) >= 11 is 0. The normalized spacial score (nSPS) is 24.2. The number of benzene rings is 1. The lowest BCUT2D eigenvalue weighted by molar-refractivity contribution is 0.214. The lowest BCUT2D eigenvalue weighted by Gasteiger charge is -2.29. The number of aryl methyl sites for hydroxylation is 1. The highest BCUT2D eigenvalue weighted by Gasteiger charge is 2.27. The average molecular weight is 277 g/mol. The third kappa shape index (κ3) is 3.97. The fourth-order valence-corrected chi connectivity index (χ4v) is 3.32. The summed E-state index contributed by atoms with van der Waals surface area (Å²) in [6, 6.07) is 5.56. The van der Waals surface area contributed by atoms with Crippen LogP contribution in [0.15, 0.2) is 18.2 Å². The topological polar surface area (TPSA) is 12.0 Å². The molecule has 112 valence electrons. The monoisotopic (exact) mass is 277 g/mol. The van der Waals surface area contributed by atoms with E-state index in [2.05, 4.69) is 26.1 Å². The van der Waals surface area contributed by atoms with Crippen molar-refractivity contribution in [3.63, 3.8) is 0 Å². The first kappa shape index (κ1) is 15.3. The average Bonchev–Trinajstić information content (AvgIpc) is 2.58. The Morgan fingerprint density at radius 1 is 1.10 bits per heavy atom. The van der Waals surface area contributed by atoms with E-state index in [1.165, 1.54) is 32.1 Å². The molecule has 2 atom stereocenters. The van der Waals surface area contributed by atoms with Crippen LogP contribution in [0.3, 0.4) is 0 Å². The van der Waals surface area contributed by atoms with Gasteiger partial charge in [-0.05, 0) is 67.7 Å². The van der Waals surface area contributed by atoms with E-state index in [1.54, 1.807) is 12.1 Å². The van der Waals surface area contributed by atoms with Gasteiger partial charge in [-0.15, -0.1) is 0 Å². The molecule has 0 radical (unpaired) electrons. The van der Waals surface area contributed by atoms with Gasteiger partial charge in [-0.25, -0.2) is 4.39 Å². The number of hydrogen-bond donors (Lipinski definition) is 1. The number of hydrogen-bond acceptors (Lipinski definition) is 1. The highest BCUT2D eigenvalue weighted by Crippen LogP contribution is 2.37. The van der Waals surface area contributed by atoms with Crippen LogP contribution in [0.1, 0.15) is 58.4 Å². The molecule has 1 fully saturated rings. The first-order valence-corrected chi connectivity index (χ1v) is 7.89. The molecule has 0 heterocycles. The minimum atomic E-state index is -0.151. The molecule has 1 aromatic carbocycles. The van der Waals surface area contributed by atoms with Crippen LogP contribution in [-0.2, 0) is 0 Å². The first-order valence-electron chi connectivity index (χ1n) is 7.89. The molecule has 1 aliphatic carbocycles. The molecule has 2 heteroatoms. The second kappa shape index (κ2) is 6.15. The summed E-state index contributed by atoms with van der Waals surface area (Å²) in [6.07, 6.45) is 6.37. The molecule has 2 rings (SSSR count). The summed E-state index contributed by atoms with van der Waals surface area (Å²) in [6.45, 7) is 9.04. The maximum absolute atomic E-state index is 13.1. The van der Waals surface area contributed by atoms with Crippen molar-refractivity contribution in [1.29, 1.82) is 0 Å². The lowest BCUT2D eigenvalue weighted by atomic mass is 9.76. The van der Waals surface area contributed by atoms with E-state index in [0.29, 0.717) is 11.5 Å². The molecular formula is C18H28FN. The van der Waals surface area contributed by atoms with Gasteiger partial charge in [0.2, 0.25) is 0 Å². The van der Waals surface area contributed by atoms with Gasteiger partial charge in [0.15, 0.2) is 0 Å². The van der Waals surface area contributed by atoms with Crippen LogP contribution in [-0.4, -0.2) is 6.04 Å². The molecule has 0 saturated heterocycles. The summed E-state index contributed by atoms with van der Waals surface area (Å²) in [5, 5.41) is 3.62. The van der Waals surface area contributed by atoms with Crippen molar-refractivity contribution < 1.29 is 4.39 Å². The van der Waals surface area contributed by atoms with Gasteiger partial charge >= 0.3 is 0 Å². The van der Waals surface area contributed by atoms with Gasteiger partial charge in [0.05, 0.1) is 0 Å².